The number of carbonyl (C=O) groups excluding carboxylic acids is 1. The Bertz CT molecular complexity index is 2170. The van der Waals surface area contributed by atoms with E-state index in [9.17, 15) is 9.90 Å². The molecule has 2 unspecified atom stereocenters. The SMILES string of the molecule is CCCCCNc1nc(N)nc(C)c1Cc1ccc(C(C(=O)O)C(C(=O)OCCCN2CCOCC2)(c2ccc(Cc3c(C)nc(N)nc3NCCCCC)cc2)C2CCN(C)CC2)cc1. The van der Waals surface area contributed by atoms with Crippen LogP contribution in [0.5, 0.6) is 0 Å². The van der Waals surface area contributed by atoms with Gasteiger partial charge in [0.2, 0.25) is 11.9 Å². The number of carboxylic acid groups (broad SMARTS) is 1. The number of benzene rings is 2. The molecule has 2 aromatic heterocycles. The average molecular weight is 907 g/mol. The van der Waals surface area contributed by atoms with Gasteiger partial charge in [-0.2, -0.15) is 9.97 Å². The van der Waals surface area contributed by atoms with E-state index in [0.29, 0.717) is 62.3 Å². The third-order valence-corrected chi connectivity index (χ3v) is 13.5. The lowest BCUT2D eigenvalue weighted by Gasteiger charge is -2.46. The van der Waals surface area contributed by atoms with Crippen molar-refractivity contribution >= 4 is 35.5 Å². The summed E-state index contributed by atoms with van der Waals surface area (Å²) in [5.74, 6) is -1.29. The van der Waals surface area contributed by atoms with Crippen molar-refractivity contribution in [3.05, 3.63) is 93.3 Å². The van der Waals surface area contributed by atoms with Crippen LogP contribution in [0.1, 0.15) is 122 Å². The van der Waals surface area contributed by atoms with Crippen LogP contribution in [0.3, 0.4) is 0 Å². The third-order valence-electron chi connectivity index (χ3n) is 13.5. The first kappa shape index (κ1) is 50.0. The van der Waals surface area contributed by atoms with E-state index in [1.165, 1.54) is 0 Å². The van der Waals surface area contributed by atoms with Crippen molar-refractivity contribution in [3.63, 3.8) is 0 Å². The van der Waals surface area contributed by atoms with Crippen LogP contribution in [-0.2, 0) is 37.3 Å². The minimum Gasteiger partial charge on any atom is -0.481 e. The smallest absolute Gasteiger partial charge is 0.318 e. The summed E-state index contributed by atoms with van der Waals surface area (Å²) in [6, 6.07) is 15.6. The summed E-state index contributed by atoms with van der Waals surface area (Å²) in [6.07, 6.45) is 9.38. The summed E-state index contributed by atoms with van der Waals surface area (Å²) in [5, 5.41) is 18.5. The molecule has 2 aromatic carbocycles. The monoisotopic (exact) mass is 907 g/mol. The molecule has 0 aliphatic carbocycles. The Hall–Kier alpha value is -5.38. The van der Waals surface area contributed by atoms with Gasteiger partial charge in [0.15, 0.2) is 0 Å². The second kappa shape index (κ2) is 24.4. The molecule has 2 aliphatic heterocycles. The lowest BCUT2D eigenvalue weighted by Crippen LogP contribution is -2.54. The molecule has 4 aromatic rings. The lowest BCUT2D eigenvalue weighted by molar-refractivity contribution is -0.161. The van der Waals surface area contributed by atoms with Crippen LogP contribution < -0.4 is 22.1 Å². The number of piperidine rings is 1. The maximum Gasteiger partial charge on any atom is 0.318 e. The van der Waals surface area contributed by atoms with Crippen molar-refractivity contribution in [1.29, 1.82) is 0 Å². The fourth-order valence-corrected chi connectivity index (χ4v) is 9.75. The largest absolute Gasteiger partial charge is 0.481 e. The molecular weight excluding hydrogens is 833 g/mol. The molecule has 7 N–H and O–H groups in total. The second-order valence-electron chi connectivity index (χ2n) is 18.2. The Morgan fingerprint density at radius 3 is 1.79 bits per heavy atom. The number of aromatic nitrogens is 4. The van der Waals surface area contributed by atoms with E-state index in [2.05, 4.69) is 61.3 Å². The molecule has 0 bridgehead atoms. The van der Waals surface area contributed by atoms with Crippen LogP contribution >= 0.6 is 0 Å². The first-order valence-electron chi connectivity index (χ1n) is 24.2. The maximum atomic E-state index is 15.4. The first-order valence-corrected chi connectivity index (χ1v) is 24.2. The lowest BCUT2D eigenvalue weighted by atomic mass is 9.58. The Morgan fingerprint density at radius 1 is 0.773 bits per heavy atom. The van der Waals surface area contributed by atoms with Crippen molar-refractivity contribution in [3.8, 4) is 0 Å². The maximum absolute atomic E-state index is 15.4. The summed E-state index contributed by atoms with van der Waals surface area (Å²) >= 11 is 0. The number of nitrogens with two attached hydrogens (primary N) is 2. The highest BCUT2D eigenvalue weighted by Gasteiger charge is 2.57. The van der Waals surface area contributed by atoms with Crippen LogP contribution in [0.2, 0.25) is 0 Å². The van der Waals surface area contributed by atoms with E-state index >= 15 is 4.79 Å². The van der Waals surface area contributed by atoms with Crippen LogP contribution in [-0.4, -0.2) is 119 Å². The van der Waals surface area contributed by atoms with Gasteiger partial charge >= 0.3 is 11.9 Å². The number of esters is 1. The number of carbonyl (C=O) groups is 2. The van der Waals surface area contributed by atoms with Crippen molar-refractivity contribution < 1.29 is 24.2 Å². The summed E-state index contributed by atoms with van der Waals surface area (Å²) in [6.45, 7) is 15.2. The van der Waals surface area contributed by atoms with E-state index < -0.39 is 23.3 Å². The Labute approximate surface area is 391 Å². The van der Waals surface area contributed by atoms with E-state index in [1.807, 2.05) is 62.4 Å². The highest BCUT2D eigenvalue weighted by Crippen LogP contribution is 2.50. The topological polar surface area (TPSA) is 207 Å². The molecule has 2 saturated heterocycles. The first-order chi connectivity index (χ1) is 31.9. The highest BCUT2D eigenvalue weighted by atomic mass is 16.5. The molecule has 2 aliphatic rings. The Kier molecular flexibility index (Phi) is 18.5. The van der Waals surface area contributed by atoms with Gasteiger partial charge in [-0.3, -0.25) is 14.5 Å². The van der Waals surface area contributed by atoms with Gasteiger partial charge in [-0.25, -0.2) is 9.97 Å². The van der Waals surface area contributed by atoms with E-state index in [4.69, 9.17) is 20.9 Å². The number of unbranched alkanes of at least 4 members (excludes halogenated alkanes) is 4. The van der Waals surface area contributed by atoms with Crippen LogP contribution in [0, 0.1) is 19.8 Å². The average Bonchev–Trinajstić information content (AvgIpc) is 3.30. The van der Waals surface area contributed by atoms with Gasteiger partial charge < -0.3 is 41.6 Å². The second-order valence-corrected chi connectivity index (χ2v) is 18.2. The molecule has 358 valence electrons. The summed E-state index contributed by atoms with van der Waals surface area (Å²) in [5.41, 5.74) is 17.2. The highest BCUT2D eigenvalue weighted by molar-refractivity contribution is 5.94. The molecule has 66 heavy (non-hydrogen) atoms. The van der Waals surface area contributed by atoms with Crippen molar-refractivity contribution in [1.82, 2.24) is 29.7 Å². The number of ether oxygens (including phenoxy) is 2. The summed E-state index contributed by atoms with van der Waals surface area (Å²) < 4.78 is 11.9. The fraction of sp³-hybridized carbons (Fsp3) is 0.569. The van der Waals surface area contributed by atoms with Gasteiger partial charge in [0, 0.05) is 68.1 Å². The van der Waals surface area contributed by atoms with E-state index in [1.54, 1.807) is 0 Å². The molecule has 0 saturated carbocycles. The van der Waals surface area contributed by atoms with Gasteiger partial charge in [-0.15, -0.1) is 0 Å². The zero-order valence-electron chi connectivity index (χ0n) is 40.0. The van der Waals surface area contributed by atoms with Crippen molar-refractivity contribution in [2.45, 2.75) is 110 Å². The Balaban J connectivity index is 1.38. The number of hydrogen-bond donors (Lipinski definition) is 5. The van der Waals surface area contributed by atoms with Gasteiger partial charge in [0.1, 0.15) is 23.0 Å². The van der Waals surface area contributed by atoms with Gasteiger partial charge in [0.05, 0.1) is 19.8 Å². The van der Waals surface area contributed by atoms with Crippen LogP contribution in [0.25, 0.3) is 0 Å². The zero-order chi connectivity index (χ0) is 47.1. The number of hydrogen-bond acceptors (Lipinski definition) is 14. The summed E-state index contributed by atoms with van der Waals surface area (Å²) in [7, 11) is 2.07. The molecular formula is C51H74N10O5. The van der Waals surface area contributed by atoms with Crippen molar-refractivity contribution in [2.24, 2.45) is 5.92 Å². The van der Waals surface area contributed by atoms with E-state index in [0.717, 1.165) is 124 Å². The molecule has 15 heteroatoms. The van der Waals surface area contributed by atoms with Crippen LogP contribution in [0.4, 0.5) is 23.5 Å². The van der Waals surface area contributed by atoms with Crippen molar-refractivity contribution in [2.75, 3.05) is 94.8 Å². The molecule has 6 rings (SSSR count). The number of anilines is 4. The number of nitrogen functional groups attached to an aromatic ring is 2. The fourth-order valence-electron chi connectivity index (χ4n) is 9.75. The molecule has 2 fully saturated rings. The zero-order valence-corrected chi connectivity index (χ0v) is 40.0. The number of aliphatic carboxylic acids is 1. The third kappa shape index (κ3) is 12.7. The number of aryl methyl sites for hydroxylation is 2. The molecule has 4 heterocycles. The Morgan fingerprint density at radius 2 is 1.29 bits per heavy atom. The molecule has 0 radical (unpaired) electrons. The number of nitrogens with one attached hydrogen (secondary N) is 2. The molecule has 15 nitrogen and oxygen atoms in total. The standard InChI is InChI=1S/C51H74N10O5/c1-6-8-10-23-54-45-42(35(3)56-49(52)58-45)33-37-13-17-39(18-14-37)44(47(62)63)51(41-21-26-60(5)27-22-41,48(64)66-30-12-25-61-28-31-65-32-29-61)40-19-15-38(16-20-40)34-43-36(4)57-50(53)59-46(43)55-24-11-9-7-2/h13-20,41,44H,6-12,21-34H2,1-5H3,(H,62,63)(H3,52,54,56,58)(H3,53,55,57,59). The predicted octanol–water partition coefficient (Wildman–Crippen LogP) is 7.15. The normalized spacial score (nSPS) is 16.4. The van der Waals surface area contributed by atoms with Gasteiger partial charge in [0.25, 0.3) is 0 Å². The minimum atomic E-state index is -1.55. The number of carboxylic acids is 1. The number of nitrogens with zero attached hydrogens (tertiary/aromatic N) is 6. The summed E-state index contributed by atoms with van der Waals surface area (Å²) in [4.78, 5) is 52.2. The van der Waals surface area contributed by atoms with Gasteiger partial charge in [-0.1, -0.05) is 88.1 Å². The molecule has 2 atom stereocenters. The number of rotatable bonds is 24. The van der Waals surface area contributed by atoms with Gasteiger partial charge in [-0.05, 0) is 94.3 Å². The van der Waals surface area contributed by atoms with Crippen LogP contribution in [0.15, 0.2) is 48.5 Å². The minimum absolute atomic E-state index is 0.177. The predicted molar refractivity (Wildman–Crippen MR) is 262 cm³/mol. The molecule has 0 amide bonds. The molecule has 0 spiro atoms. The number of likely N-dealkylation sites (tertiary alicyclic amines) is 1. The quantitative estimate of drug-likeness (QED) is 0.0350. The number of morpholine rings is 1. The van der Waals surface area contributed by atoms with E-state index in [-0.39, 0.29) is 24.4 Å².